The monoisotopic (exact) mass is 527 g/mol. The average molecular weight is 527 g/mol. The molecule has 11 heteroatoms. The fraction of sp³-hybridized carbons (Fsp3) is 0.353. The highest BCUT2D eigenvalue weighted by atomic mass is 127. The number of nitrogens with one attached hydrogen (secondary N) is 3. The fourth-order valence-electron chi connectivity index (χ4n) is 2.10. The summed E-state index contributed by atoms with van der Waals surface area (Å²) in [5, 5.41) is 9.86. The number of hydrogen-bond acceptors (Lipinski definition) is 4. The van der Waals surface area contributed by atoms with Gasteiger partial charge < -0.3 is 16.0 Å². The molecule has 1 aromatic heterocycles. The second kappa shape index (κ2) is 11.2. The van der Waals surface area contributed by atoms with E-state index in [9.17, 15) is 18.0 Å². The number of rotatable bonds is 6. The minimum Gasteiger partial charge on any atom is -0.357 e. The van der Waals surface area contributed by atoms with Crippen LogP contribution in [0.5, 0.6) is 0 Å². The van der Waals surface area contributed by atoms with Crippen molar-refractivity contribution in [3.05, 3.63) is 51.5 Å². The molecule has 0 radical (unpaired) electrons. The summed E-state index contributed by atoms with van der Waals surface area (Å²) in [5.41, 5.74) is 0.565. The molecule has 6 nitrogen and oxygen atoms in total. The minimum atomic E-state index is -4.44. The molecular formula is C17H21F3IN5OS. The summed E-state index contributed by atoms with van der Waals surface area (Å²) in [6, 6.07) is 7.01. The Morgan fingerprint density at radius 3 is 2.43 bits per heavy atom. The third-order valence-corrected chi connectivity index (χ3v) is 4.31. The number of aromatic nitrogens is 1. The summed E-state index contributed by atoms with van der Waals surface area (Å²) < 4.78 is 37.8. The number of carbonyl (C=O) groups excluding carboxylic acids is 1. The average Bonchev–Trinajstić information content (AvgIpc) is 3.13. The van der Waals surface area contributed by atoms with Crippen molar-refractivity contribution >= 4 is 47.2 Å². The van der Waals surface area contributed by atoms with Gasteiger partial charge in [-0.15, -0.1) is 35.3 Å². The molecule has 1 heterocycles. The van der Waals surface area contributed by atoms with Crippen molar-refractivity contribution in [2.75, 3.05) is 13.6 Å². The van der Waals surface area contributed by atoms with E-state index in [1.54, 1.807) is 31.3 Å². The number of benzene rings is 1. The van der Waals surface area contributed by atoms with Gasteiger partial charge in [-0.2, -0.15) is 13.2 Å². The second-order valence-corrected chi connectivity index (χ2v) is 6.39. The summed E-state index contributed by atoms with van der Waals surface area (Å²) in [6.07, 6.45) is -4.44. The maximum absolute atomic E-state index is 12.6. The SMILES string of the molecule is CCNC(=NCc1ccc(C(=O)NC)cc1)NCc1nc(C(F)(F)F)cs1.I. The van der Waals surface area contributed by atoms with Crippen LogP contribution in [0, 0.1) is 0 Å². The molecule has 0 aliphatic heterocycles. The molecule has 0 aliphatic rings. The number of carbonyl (C=O) groups is 1. The first-order valence-electron chi connectivity index (χ1n) is 8.18. The Morgan fingerprint density at radius 2 is 1.89 bits per heavy atom. The van der Waals surface area contributed by atoms with Gasteiger partial charge in [0.05, 0.1) is 13.1 Å². The van der Waals surface area contributed by atoms with E-state index in [0.29, 0.717) is 29.6 Å². The lowest BCUT2D eigenvalue weighted by Crippen LogP contribution is -2.36. The van der Waals surface area contributed by atoms with Gasteiger partial charge in [0.1, 0.15) is 5.01 Å². The van der Waals surface area contributed by atoms with Crippen LogP contribution in [0.4, 0.5) is 13.2 Å². The molecule has 0 saturated carbocycles. The van der Waals surface area contributed by atoms with Gasteiger partial charge in [-0.3, -0.25) is 4.79 Å². The van der Waals surface area contributed by atoms with Crippen LogP contribution < -0.4 is 16.0 Å². The summed E-state index contributed by atoms with van der Waals surface area (Å²) in [4.78, 5) is 19.5. The van der Waals surface area contributed by atoms with E-state index in [2.05, 4.69) is 25.9 Å². The highest BCUT2D eigenvalue weighted by molar-refractivity contribution is 14.0. The van der Waals surface area contributed by atoms with Gasteiger partial charge in [-0.1, -0.05) is 12.1 Å². The molecule has 28 heavy (non-hydrogen) atoms. The highest BCUT2D eigenvalue weighted by Crippen LogP contribution is 2.29. The lowest BCUT2D eigenvalue weighted by atomic mass is 10.1. The zero-order chi connectivity index (χ0) is 19.9. The maximum Gasteiger partial charge on any atom is 0.434 e. The first-order valence-corrected chi connectivity index (χ1v) is 9.06. The molecule has 0 atom stereocenters. The van der Waals surface area contributed by atoms with Crippen LogP contribution in [0.3, 0.4) is 0 Å². The largest absolute Gasteiger partial charge is 0.434 e. The van der Waals surface area contributed by atoms with E-state index in [-0.39, 0.29) is 36.4 Å². The normalized spacial score (nSPS) is 11.5. The molecule has 1 amide bonds. The number of aliphatic imine (C=N–C) groups is 1. The predicted octanol–water partition coefficient (Wildman–Crippen LogP) is 3.39. The Balaban J connectivity index is 0.00000392. The van der Waals surface area contributed by atoms with Crippen LogP contribution in [0.1, 0.15) is 33.5 Å². The van der Waals surface area contributed by atoms with E-state index in [0.717, 1.165) is 22.3 Å². The molecule has 0 bridgehead atoms. The lowest BCUT2D eigenvalue weighted by Gasteiger charge is -2.10. The van der Waals surface area contributed by atoms with Gasteiger partial charge in [-0.05, 0) is 24.6 Å². The van der Waals surface area contributed by atoms with Gasteiger partial charge in [0, 0.05) is 24.5 Å². The van der Waals surface area contributed by atoms with Crippen molar-refractivity contribution in [3.63, 3.8) is 0 Å². The van der Waals surface area contributed by atoms with E-state index >= 15 is 0 Å². The van der Waals surface area contributed by atoms with Gasteiger partial charge >= 0.3 is 6.18 Å². The molecule has 0 fully saturated rings. The molecule has 0 unspecified atom stereocenters. The van der Waals surface area contributed by atoms with Gasteiger partial charge in [-0.25, -0.2) is 9.98 Å². The molecule has 3 N–H and O–H groups in total. The minimum absolute atomic E-state index is 0. The molecule has 2 aromatic rings. The molecule has 0 saturated heterocycles. The van der Waals surface area contributed by atoms with Crippen LogP contribution in [-0.4, -0.2) is 30.4 Å². The number of guanidine groups is 1. The quantitative estimate of drug-likeness (QED) is 0.306. The lowest BCUT2D eigenvalue weighted by molar-refractivity contribution is -0.140. The van der Waals surface area contributed by atoms with Crippen LogP contribution in [0.2, 0.25) is 0 Å². The number of amides is 1. The summed E-state index contributed by atoms with van der Waals surface area (Å²) >= 11 is 0.943. The second-order valence-electron chi connectivity index (χ2n) is 5.45. The zero-order valence-corrected chi connectivity index (χ0v) is 18.4. The van der Waals surface area contributed by atoms with Crippen molar-refractivity contribution in [1.82, 2.24) is 20.9 Å². The van der Waals surface area contributed by atoms with E-state index in [1.165, 1.54) is 0 Å². The molecular weight excluding hydrogens is 506 g/mol. The summed E-state index contributed by atoms with van der Waals surface area (Å²) in [5.74, 6) is 0.304. The third kappa shape index (κ3) is 7.26. The highest BCUT2D eigenvalue weighted by Gasteiger charge is 2.33. The van der Waals surface area contributed by atoms with Crippen LogP contribution in [0.15, 0.2) is 34.6 Å². The van der Waals surface area contributed by atoms with Crippen molar-refractivity contribution in [1.29, 1.82) is 0 Å². The zero-order valence-electron chi connectivity index (χ0n) is 15.3. The van der Waals surface area contributed by atoms with Crippen LogP contribution in [0.25, 0.3) is 0 Å². The van der Waals surface area contributed by atoms with Crippen molar-refractivity contribution in [3.8, 4) is 0 Å². The van der Waals surface area contributed by atoms with Crippen LogP contribution in [-0.2, 0) is 19.3 Å². The van der Waals surface area contributed by atoms with E-state index in [1.807, 2.05) is 6.92 Å². The molecule has 0 aliphatic carbocycles. The number of halogens is 4. The first kappa shape index (κ1) is 24.1. The van der Waals surface area contributed by atoms with Crippen LogP contribution >= 0.6 is 35.3 Å². The van der Waals surface area contributed by atoms with Crippen molar-refractivity contribution in [2.45, 2.75) is 26.2 Å². The smallest absolute Gasteiger partial charge is 0.357 e. The molecule has 1 aromatic carbocycles. The first-order chi connectivity index (χ1) is 12.8. The summed E-state index contributed by atoms with van der Waals surface area (Å²) in [6.45, 7) is 2.99. The van der Waals surface area contributed by atoms with Crippen molar-refractivity contribution < 1.29 is 18.0 Å². The fourth-order valence-corrected chi connectivity index (χ4v) is 2.84. The maximum atomic E-state index is 12.6. The topological polar surface area (TPSA) is 78.4 Å². The molecule has 154 valence electrons. The van der Waals surface area contributed by atoms with Gasteiger partial charge in [0.25, 0.3) is 5.91 Å². The third-order valence-electron chi connectivity index (χ3n) is 3.46. The number of thiazole rings is 1. The Kier molecular flexibility index (Phi) is 9.65. The van der Waals surface area contributed by atoms with E-state index < -0.39 is 11.9 Å². The van der Waals surface area contributed by atoms with E-state index in [4.69, 9.17) is 0 Å². The Morgan fingerprint density at radius 1 is 1.21 bits per heavy atom. The van der Waals surface area contributed by atoms with Gasteiger partial charge in [0.15, 0.2) is 11.7 Å². The molecule has 0 spiro atoms. The standard InChI is InChI=1S/C17H20F3N5OS.HI/c1-3-22-16(24-9-14-25-13(10-27-14)17(18,19)20)23-8-11-4-6-12(7-5-11)15(26)21-2;/h4-7,10H,3,8-9H2,1-2H3,(H,21,26)(H2,22,23,24);1H. The Labute approximate surface area is 182 Å². The van der Waals surface area contributed by atoms with Gasteiger partial charge in [0.2, 0.25) is 0 Å². The Hall–Kier alpha value is -1.89. The predicted molar refractivity (Wildman–Crippen MR) is 114 cm³/mol. The van der Waals surface area contributed by atoms with Crippen molar-refractivity contribution in [2.24, 2.45) is 4.99 Å². The summed E-state index contributed by atoms with van der Waals surface area (Å²) in [7, 11) is 1.56. The number of nitrogens with zero attached hydrogens (tertiary/aromatic N) is 2. The Bertz CT molecular complexity index is 793. The number of hydrogen-bond donors (Lipinski definition) is 3. The molecule has 2 rings (SSSR count). The number of alkyl halides is 3.